The number of aryl methyl sites for hydroxylation is 1. The summed E-state index contributed by atoms with van der Waals surface area (Å²) in [6.07, 6.45) is 5.53. The van der Waals surface area contributed by atoms with E-state index in [9.17, 15) is 0 Å². The van der Waals surface area contributed by atoms with Gasteiger partial charge in [-0.2, -0.15) is 5.10 Å². The molecule has 2 aromatic rings. The predicted octanol–water partition coefficient (Wildman–Crippen LogP) is 2.15. The zero-order valence-electron chi connectivity index (χ0n) is 12.7. The van der Waals surface area contributed by atoms with Gasteiger partial charge in [0.15, 0.2) is 0 Å². The second kappa shape index (κ2) is 7.07. The summed E-state index contributed by atoms with van der Waals surface area (Å²) in [6.45, 7) is 3.64. The van der Waals surface area contributed by atoms with Gasteiger partial charge in [-0.1, -0.05) is 11.6 Å². The van der Waals surface area contributed by atoms with Crippen molar-refractivity contribution in [2.45, 2.75) is 19.4 Å². The maximum Gasteiger partial charge on any atom is 0.232 e. The number of hydrogen-bond donors (Lipinski definition) is 0. The second-order valence-corrected chi connectivity index (χ2v) is 6.03. The third-order valence-corrected chi connectivity index (χ3v) is 4.35. The summed E-state index contributed by atoms with van der Waals surface area (Å²) in [5.41, 5.74) is 0. The van der Waals surface area contributed by atoms with Gasteiger partial charge in [0.25, 0.3) is 0 Å². The Morgan fingerprint density at radius 2 is 2.14 bits per heavy atom. The van der Waals surface area contributed by atoms with E-state index in [0.717, 1.165) is 38.3 Å². The summed E-state index contributed by atoms with van der Waals surface area (Å²) in [4.78, 5) is 10.8. The number of rotatable bonds is 5. The second-order valence-electron chi connectivity index (χ2n) is 5.62. The highest BCUT2D eigenvalue weighted by molar-refractivity contribution is 6.31. The highest BCUT2D eigenvalue weighted by Gasteiger charge is 2.21. The third kappa shape index (κ3) is 3.75. The minimum absolute atomic E-state index is 0.533. The van der Waals surface area contributed by atoms with Crippen molar-refractivity contribution in [1.82, 2.24) is 24.6 Å². The summed E-state index contributed by atoms with van der Waals surface area (Å²) in [6, 6.07) is 3.60. The van der Waals surface area contributed by atoms with E-state index >= 15 is 0 Å². The van der Waals surface area contributed by atoms with Crippen LogP contribution in [0.5, 0.6) is 5.88 Å². The Morgan fingerprint density at radius 3 is 2.82 bits per heavy atom. The number of piperidine rings is 1. The zero-order chi connectivity index (χ0) is 15.4. The van der Waals surface area contributed by atoms with E-state index in [4.69, 9.17) is 16.3 Å². The van der Waals surface area contributed by atoms with Crippen molar-refractivity contribution in [1.29, 1.82) is 0 Å². The first-order valence-corrected chi connectivity index (χ1v) is 7.88. The van der Waals surface area contributed by atoms with Crippen molar-refractivity contribution in [2.75, 3.05) is 19.7 Å². The van der Waals surface area contributed by atoms with E-state index in [1.54, 1.807) is 24.7 Å². The Kier molecular flexibility index (Phi) is 4.90. The lowest BCUT2D eigenvalue weighted by Crippen LogP contribution is -2.35. The number of halogens is 1. The summed E-state index contributed by atoms with van der Waals surface area (Å²) in [5.74, 6) is 2.09. The number of ether oxygens (including phenoxy) is 1. The molecule has 1 fully saturated rings. The Morgan fingerprint density at radius 1 is 1.32 bits per heavy atom. The van der Waals surface area contributed by atoms with Crippen LogP contribution in [0.2, 0.25) is 5.02 Å². The molecule has 0 atom stereocenters. The Labute approximate surface area is 135 Å². The molecule has 0 amide bonds. The number of aromatic nitrogens is 4. The average molecular weight is 322 g/mol. The standard InChI is InChI=1S/C15H20ClN5O/c1-20-14(18-11-19-20)9-21-7-4-12(5-8-21)10-22-15-13(16)3-2-6-17-15/h2-3,6,11-12H,4-5,7-10H2,1H3. The normalized spacial score (nSPS) is 16.8. The summed E-state index contributed by atoms with van der Waals surface area (Å²) in [7, 11) is 1.93. The topological polar surface area (TPSA) is 56.1 Å². The lowest BCUT2D eigenvalue weighted by Gasteiger charge is -2.31. The maximum atomic E-state index is 6.05. The van der Waals surface area contributed by atoms with Gasteiger partial charge in [-0.05, 0) is 44.0 Å². The van der Waals surface area contributed by atoms with Crippen molar-refractivity contribution in [3.63, 3.8) is 0 Å². The highest BCUT2D eigenvalue weighted by atomic mass is 35.5. The molecule has 0 bridgehead atoms. The largest absolute Gasteiger partial charge is 0.476 e. The molecule has 1 aliphatic heterocycles. The molecular formula is C15H20ClN5O. The van der Waals surface area contributed by atoms with Crippen molar-refractivity contribution in [2.24, 2.45) is 13.0 Å². The van der Waals surface area contributed by atoms with Gasteiger partial charge in [0.1, 0.15) is 17.2 Å². The summed E-state index contributed by atoms with van der Waals surface area (Å²) in [5, 5.41) is 4.68. The zero-order valence-corrected chi connectivity index (χ0v) is 13.4. The van der Waals surface area contributed by atoms with E-state index in [-0.39, 0.29) is 0 Å². The molecule has 1 saturated heterocycles. The molecule has 6 nitrogen and oxygen atoms in total. The third-order valence-electron chi connectivity index (χ3n) is 4.06. The van der Waals surface area contributed by atoms with Crippen LogP contribution in [0.3, 0.4) is 0 Å². The van der Waals surface area contributed by atoms with Gasteiger partial charge >= 0.3 is 0 Å². The van der Waals surface area contributed by atoms with Crippen LogP contribution in [0.1, 0.15) is 18.7 Å². The lowest BCUT2D eigenvalue weighted by molar-refractivity contribution is 0.131. The number of pyridine rings is 1. The fourth-order valence-corrected chi connectivity index (χ4v) is 2.82. The van der Waals surface area contributed by atoms with Gasteiger partial charge < -0.3 is 4.74 Å². The molecule has 7 heteroatoms. The van der Waals surface area contributed by atoms with Crippen LogP contribution in [-0.2, 0) is 13.6 Å². The van der Waals surface area contributed by atoms with Crippen LogP contribution in [0.25, 0.3) is 0 Å². The SMILES string of the molecule is Cn1ncnc1CN1CCC(COc2ncccc2Cl)CC1. The Hall–Kier alpha value is -1.66. The molecule has 22 heavy (non-hydrogen) atoms. The molecule has 0 N–H and O–H groups in total. The minimum Gasteiger partial charge on any atom is -0.476 e. The highest BCUT2D eigenvalue weighted by Crippen LogP contribution is 2.23. The number of hydrogen-bond acceptors (Lipinski definition) is 5. The van der Waals surface area contributed by atoms with Crippen molar-refractivity contribution < 1.29 is 4.74 Å². The van der Waals surface area contributed by atoms with Crippen LogP contribution in [0.15, 0.2) is 24.7 Å². The first-order valence-electron chi connectivity index (χ1n) is 7.51. The molecule has 3 heterocycles. The van der Waals surface area contributed by atoms with Crippen LogP contribution in [0, 0.1) is 5.92 Å². The molecule has 0 unspecified atom stereocenters. The number of nitrogens with zero attached hydrogens (tertiary/aromatic N) is 5. The first kappa shape index (κ1) is 15.2. The molecule has 0 aliphatic carbocycles. The molecule has 0 saturated carbocycles. The Bertz CT molecular complexity index is 609. The summed E-state index contributed by atoms with van der Waals surface area (Å²) < 4.78 is 7.58. The van der Waals surface area contributed by atoms with Crippen LogP contribution in [-0.4, -0.2) is 44.3 Å². The first-order chi connectivity index (χ1) is 10.7. The van der Waals surface area contributed by atoms with Gasteiger partial charge in [-0.25, -0.2) is 9.97 Å². The summed E-state index contributed by atoms with van der Waals surface area (Å²) >= 11 is 6.05. The van der Waals surface area contributed by atoms with Crippen LogP contribution < -0.4 is 4.74 Å². The van der Waals surface area contributed by atoms with E-state index < -0.39 is 0 Å². The van der Waals surface area contributed by atoms with Gasteiger partial charge in [-0.3, -0.25) is 9.58 Å². The average Bonchev–Trinajstić information content (AvgIpc) is 2.93. The van der Waals surface area contributed by atoms with E-state index in [0.29, 0.717) is 23.4 Å². The van der Waals surface area contributed by atoms with Crippen LogP contribution >= 0.6 is 11.6 Å². The quantitative estimate of drug-likeness (QED) is 0.844. The van der Waals surface area contributed by atoms with E-state index in [1.165, 1.54) is 0 Å². The van der Waals surface area contributed by atoms with E-state index in [2.05, 4.69) is 20.0 Å². The van der Waals surface area contributed by atoms with E-state index in [1.807, 2.05) is 11.7 Å². The monoisotopic (exact) mass is 321 g/mol. The fraction of sp³-hybridized carbons (Fsp3) is 0.533. The number of likely N-dealkylation sites (tertiary alicyclic amines) is 1. The van der Waals surface area contributed by atoms with Crippen LogP contribution in [0.4, 0.5) is 0 Å². The smallest absolute Gasteiger partial charge is 0.232 e. The fourth-order valence-electron chi connectivity index (χ4n) is 2.65. The molecule has 3 rings (SSSR count). The molecule has 0 aromatic carbocycles. The Balaban J connectivity index is 1.44. The molecule has 118 valence electrons. The van der Waals surface area contributed by atoms with Crippen molar-refractivity contribution >= 4 is 11.6 Å². The van der Waals surface area contributed by atoms with Crippen molar-refractivity contribution in [3.05, 3.63) is 35.5 Å². The lowest BCUT2D eigenvalue weighted by atomic mass is 9.98. The van der Waals surface area contributed by atoms with Gasteiger partial charge in [0.2, 0.25) is 5.88 Å². The molecule has 1 aliphatic rings. The van der Waals surface area contributed by atoms with Crippen molar-refractivity contribution in [3.8, 4) is 5.88 Å². The van der Waals surface area contributed by atoms with Gasteiger partial charge in [0.05, 0.1) is 13.2 Å². The minimum atomic E-state index is 0.533. The maximum absolute atomic E-state index is 6.05. The molecule has 0 radical (unpaired) electrons. The van der Waals surface area contributed by atoms with Gasteiger partial charge in [0, 0.05) is 13.2 Å². The predicted molar refractivity (Wildman–Crippen MR) is 83.7 cm³/mol. The van der Waals surface area contributed by atoms with Gasteiger partial charge in [-0.15, -0.1) is 0 Å². The molecular weight excluding hydrogens is 302 g/mol. The molecule has 2 aromatic heterocycles. The molecule has 0 spiro atoms.